The molecular formula is C14H14BrClO. The molecule has 0 amide bonds. The molecule has 1 unspecified atom stereocenters. The van der Waals surface area contributed by atoms with Gasteiger partial charge >= 0.3 is 0 Å². The minimum atomic E-state index is 0.490. The largest absolute Gasteiger partial charge is 0.493 e. The van der Waals surface area contributed by atoms with Crippen molar-refractivity contribution in [1.29, 1.82) is 0 Å². The van der Waals surface area contributed by atoms with Gasteiger partial charge in [-0.2, -0.15) is 0 Å². The van der Waals surface area contributed by atoms with Crippen LogP contribution in [-0.2, 0) is 0 Å². The van der Waals surface area contributed by atoms with Gasteiger partial charge in [-0.15, -0.1) is 0 Å². The molecule has 2 rings (SSSR count). The molecule has 0 saturated carbocycles. The molecular weight excluding hydrogens is 300 g/mol. The average Bonchev–Trinajstić information content (AvgIpc) is 2.38. The molecule has 90 valence electrons. The standard InChI is InChI=1S/C14H14BrClO/c1-10(8-15)9-17-14-7-6-13(16)11-4-2-3-5-12(11)14/h2-7,10H,8-9H2,1H3. The Labute approximate surface area is 115 Å². The molecule has 0 N–H and O–H groups in total. The topological polar surface area (TPSA) is 9.23 Å². The average molecular weight is 314 g/mol. The Bertz CT molecular complexity index is 513. The summed E-state index contributed by atoms with van der Waals surface area (Å²) in [5.41, 5.74) is 0. The molecule has 0 aliphatic rings. The van der Waals surface area contributed by atoms with Gasteiger partial charge in [-0.25, -0.2) is 0 Å². The van der Waals surface area contributed by atoms with E-state index < -0.39 is 0 Å². The van der Waals surface area contributed by atoms with Crippen molar-refractivity contribution in [2.45, 2.75) is 6.92 Å². The molecule has 2 aromatic carbocycles. The first-order valence-corrected chi connectivity index (χ1v) is 7.08. The van der Waals surface area contributed by atoms with E-state index in [1.54, 1.807) is 0 Å². The maximum atomic E-state index is 6.16. The minimum Gasteiger partial charge on any atom is -0.493 e. The van der Waals surface area contributed by atoms with Crippen molar-refractivity contribution < 1.29 is 4.74 Å². The summed E-state index contributed by atoms with van der Waals surface area (Å²) in [7, 11) is 0. The zero-order valence-electron chi connectivity index (χ0n) is 9.62. The van der Waals surface area contributed by atoms with Crippen molar-refractivity contribution in [3.8, 4) is 5.75 Å². The Morgan fingerprint density at radius 1 is 1.18 bits per heavy atom. The molecule has 0 aliphatic carbocycles. The molecule has 0 fully saturated rings. The van der Waals surface area contributed by atoms with Crippen LogP contribution in [0.2, 0.25) is 5.02 Å². The summed E-state index contributed by atoms with van der Waals surface area (Å²) in [6, 6.07) is 11.9. The van der Waals surface area contributed by atoms with E-state index in [4.69, 9.17) is 16.3 Å². The van der Waals surface area contributed by atoms with Crippen LogP contribution in [0.5, 0.6) is 5.75 Å². The third kappa shape index (κ3) is 2.93. The molecule has 0 aliphatic heterocycles. The maximum absolute atomic E-state index is 6.16. The second-order valence-corrected chi connectivity index (χ2v) is 5.22. The van der Waals surface area contributed by atoms with E-state index in [0.29, 0.717) is 12.5 Å². The summed E-state index contributed by atoms with van der Waals surface area (Å²) in [5.74, 6) is 1.39. The zero-order valence-corrected chi connectivity index (χ0v) is 12.0. The Morgan fingerprint density at radius 2 is 1.88 bits per heavy atom. The Morgan fingerprint density at radius 3 is 2.59 bits per heavy atom. The monoisotopic (exact) mass is 312 g/mol. The zero-order chi connectivity index (χ0) is 12.3. The fourth-order valence-electron chi connectivity index (χ4n) is 1.64. The number of halogens is 2. The molecule has 0 saturated heterocycles. The number of benzene rings is 2. The highest BCUT2D eigenvalue weighted by Gasteiger charge is 2.06. The lowest BCUT2D eigenvalue weighted by atomic mass is 10.1. The molecule has 0 heterocycles. The van der Waals surface area contributed by atoms with Crippen LogP contribution in [0, 0.1) is 5.92 Å². The summed E-state index contributed by atoms with van der Waals surface area (Å²) >= 11 is 9.60. The van der Waals surface area contributed by atoms with E-state index in [1.165, 1.54) is 0 Å². The summed E-state index contributed by atoms with van der Waals surface area (Å²) in [6.07, 6.45) is 0. The quantitative estimate of drug-likeness (QED) is 0.729. The normalized spacial score (nSPS) is 12.6. The molecule has 3 heteroatoms. The number of rotatable bonds is 4. The van der Waals surface area contributed by atoms with Crippen molar-refractivity contribution >= 4 is 38.3 Å². The Hall–Kier alpha value is -0.730. The fraction of sp³-hybridized carbons (Fsp3) is 0.286. The van der Waals surface area contributed by atoms with Crippen molar-refractivity contribution in [1.82, 2.24) is 0 Å². The van der Waals surface area contributed by atoms with Gasteiger partial charge in [-0.3, -0.25) is 0 Å². The minimum absolute atomic E-state index is 0.490. The van der Waals surface area contributed by atoms with E-state index in [9.17, 15) is 0 Å². The van der Waals surface area contributed by atoms with Gasteiger partial charge in [-0.1, -0.05) is 58.7 Å². The summed E-state index contributed by atoms with van der Waals surface area (Å²) < 4.78 is 5.84. The lowest BCUT2D eigenvalue weighted by Gasteiger charge is -2.13. The van der Waals surface area contributed by atoms with Gasteiger partial charge in [0.25, 0.3) is 0 Å². The van der Waals surface area contributed by atoms with E-state index in [1.807, 2.05) is 36.4 Å². The molecule has 0 spiro atoms. The molecule has 0 aromatic heterocycles. The van der Waals surface area contributed by atoms with Gasteiger partial charge in [-0.05, 0) is 18.1 Å². The Balaban J connectivity index is 2.32. The van der Waals surface area contributed by atoms with Crippen LogP contribution < -0.4 is 4.74 Å². The fourth-order valence-corrected chi connectivity index (χ4v) is 2.05. The summed E-state index contributed by atoms with van der Waals surface area (Å²) in [5, 5.41) is 3.82. The lowest BCUT2D eigenvalue weighted by Crippen LogP contribution is -2.09. The SMILES string of the molecule is CC(CBr)COc1ccc(Cl)c2ccccc12. The van der Waals surface area contributed by atoms with Crippen molar-refractivity contribution in [3.63, 3.8) is 0 Å². The van der Waals surface area contributed by atoms with E-state index >= 15 is 0 Å². The third-order valence-corrected chi connectivity index (χ3v) is 4.05. The van der Waals surface area contributed by atoms with Gasteiger partial charge < -0.3 is 4.74 Å². The number of hydrogen-bond acceptors (Lipinski definition) is 1. The lowest BCUT2D eigenvalue weighted by molar-refractivity contribution is 0.277. The van der Waals surface area contributed by atoms with Crippen LogP contribution in [-0.4, -0.2) is 11.9 Å². The van der Waals surface area contributed by atoms with Gasteiger partial charge in [0.1, 0.15) is 5.75 Å². The van der Waals surface area contributed by atoms with E-state index in [-0.39, 0.29) is 0 Å². The molecule has 17 heavy (non-hydrogen) atoms. The first-order valence-electron chi connectivity index (χ1n) is 5.58. The van der Waals surface area contributed by atoms with Crippen LogP contribution in [0.15, 0.2) is 36.4 Å². The Kier molecular flexibility index (Phi) is 4.30. The third-order valence-electron chi connectivity index (χ3n) is 2.62. The van der Waals surface area contributed by atoms with Crippen molar-refractivity contribution in [3.05, 3.63) is 41.4 Å². The molecule has 2 aromatic rings. The second kappa shape index (κ2) is 5.74. The first kappa shape index (κ1) is 12.7. The second-order valence-electron chi connectivity index (χ2n) is 4.16. The van der Waals surface area contributed by atoms with Crippen LogP contribution in [0.1, 0.15) is 6.92 Å². The van der Waals surface area contributed by atoms with Crippen LogP contribution in [0.25, 0.3) is 10.8 Å². The number of fused-ring (bicyclic) bond motifs is 1. The number of ether oxygens (including phenoxy) is 1. The van der Waals surface area contributed by atoms with Crippen LogP contribution in [0.3, 0.4) is 0 Å². The van der Waals surface area contributed by atoms with Crippen molar-refractivity contribution in [2.24, 2.45) is 5.92 Å². The predicted octanol–water partition coefficient (Wildman–Crippen LogP) is 4.90. The van der Waals surface area contributed by atoms with Crippen LogP contribution in [0.4, 0.5) is 0 Å². The molecule has 1 atom stereocenters. The highest BCUT2D eigenvalue weighted by molar-refractivity contribution is 9.09. The molecule has 0 bridgehead atoms. The van der Waals surface area contributed by atoms with Gasteiger partial charge in [0, 0.05) is 21.1 Å². The van der Waals surface area contributed by atoms with E-state index in [0.717, 1.165) is 26.9 Å². The number of alkyl halides is 1. The van der Waals surface area contributed by atoms with E-state index in [2.05, 4.69) is 22.9 Å². The summed E-state index contributed by atoms with van der Waals surface area (Å²) in [6.45, 7) is 2.85. The molecule has 1 nitrogen and oxygen atoms in total. The highest BCUT2D eigenvalue weighted by atomic mass is 79.9. The first-order chi connectivity index (χ1) is 8.22. The van der Waals surface area contributed by atoms with Gasteiger partial charge in [0.15, 0.2) is 0 Å². The van der Waals surface area contributed by atoms with Crippen LogP contribution >= 0.6 is 27.5 Å². The highest BCUT2D eigenvalue weighted by Crippen LogP contribution is 2.31. The maximum Gasteiger partial charge on any atom is 0.127 e. The smallest absolute Gasteiger partial charge is 0.127 e. The van der Waals surface area contributed by atoms with Gasteiger partial charge in [0.05, 0.1) is 6.61 Å². The van der Waals surface area contributed by atoms with Gasteiger partial charge in [0.2, 0.25) is 0 Å². The molecule has 0 radical (unpaired) electrons. The predicted molar refractivity (Wildman–Crippen MR) is 77.4 cm³/mol. The van der Waals surface area contributed by atoms with Crippen molar-refractivity contribution in [2.75, 3.05) is 11.9 Å². The summed E-state index contributed by atoms with van der Waals surface area (Å²) in [4.78, 5) is 0. The number of hydrogen-bond donors (Lipinski definition) is 0.